The van der Waals surface area contributed by atoms with Crippen LogP contribution in [0.25, 0.3) is 16.8 Å². The highest BCUT2D eigenvalue weighted by molar-refractivity contribution is 6.30. The Morgan fingerprint density at radius 3 is 2.37 bits per heavy atom. The Morgan fingerprint density at radius 2 is 1.73 bits per heavy atom. The molecule has 1 N–H and O–H groups in total. The fourth-order valence-corrected chi connectivity index (χ4v) is 3.57. The minimum Gasteiger partial charge on any atom is -0.497 e. The summed E-state index contributed by atoms with van der Waals surface area (Å²) in [6.07, 6.45) is 2.45. The Bertz CT molecular complexity index is 1180. The first-order chi connectivity index (χ1) is 14.6. The highest BCUT2D eigenvalue weighted by Crippen LogP contribution is 2.23. The van der Waals surface area contributed by atoms with Gasteiger partial charge in [0.2, 0.25) is 0 Å². The molecule has 0 aliphatic carbocycles. The van der Waals surface area contributed by atoms with E-state index in [0.29, 0.717) is 29.3 Å². The molecule has 2 aromatic heterocycles. The third kappa shape index (κ3) is 4.02. The van der Waals surface area contributed by atoms with Crippen LogP contribution in [0.1, 0.15) is 28.7 Å². The quantitative estimate of drug-likeness (QED) is 0.470. The molecule has 4 aromatic rings. The van der Waals surface area contributed by atoms with Gasteiger partial charge in [-0.15, -0.1) is 0 Å². The van der Waals surface area contributed by atoms with Crippen LogP contribution < -0.4 is 10.1 Å². The van der Waals surface area contributed by atoms with Crippen molar-refractivity contribution in [2.45, 2.75) is 19.9 Å². The lowest BCUT2D eigenvalue weighted by atomic mass is 10.0. The molecule has 5 nitrogen and oxygen atoms in total. The largest absolute Gasteiger partial charge is 0.497 e. The first-order valence-electron chi connectivity index (χ1n) is 9.77. The van der Waals surface area contributed by atoms with Gasteiger partial charge in [0.25, 0.3) is 5.91 Å². The van der Waals surface area contributed by atoms with E-state index in [0.717, 1.165) is 28.1 Å². The fraction of sp³-hybridized carbons (Fsp3) is 0.167. The van der Waals surface area contributed by atoms with Crippen LogP contribution in [0.3, 0.4) is 0 Å². The second-order valence-electron chi connectivity index (χ2n) is 6.94. The van der Waals surface area contributed by atoms with E-state index in [2.05, 4.69) is 22.4 Å². The number of ether oxygens (including phenoxy) is 1. The minimum absolute atomic E-state index is 0.152. The molecule has 2 aromatic carbocycles. The van der Waals surface area contributed by atoms with Crippen LogP contribution >= 0.6 is 11.6 Å². The number of halogens is 1. The van der Waals surface area contributed by atoms with Crippen molar-refractivity contribution in [3.63, 3.8) is 0 Å². The van der Waals surface area contributed by atoms with Gasteiger partial charge in [-0.3, -0.25) is 9.20 Å². The van der Waals surface area contributed by atoms with Crippen molar-refractivity contribution in [2.75, 3.05) is 7.11 Å². The number of aryl methyl sites for hydroxylation is 1. The number of amides is 1. The van der Waals surface area contributed by atoms with Gasteiger partial charge in [-0.05, 0) is 41.3 Å². The van der Waals surface area contributed by atoms with Crippen molar-refractivity contribution in [1.82, 2.24) is 14.7 Å². The van der Waals surface area contributed by atoms with Gasteiger partial charge < -0.3 is 10.1 Å². The first kappa shape index (κ1) is 20.0. The molecule has 0 spiro atoms. The third-order valence-corrected chi connectivity index (χ3v) is 5.28. The molecular weight excluding hydrogens is 398 g/mol. The summed E-state index contributed by atoms with van der Waals surface area (Å²) in [6, 6.07) is 19.6. The number of nitrogens with one attached hydrogen (secondary N) is 1. The second kappa shape index (κ2) is 8.59. The number of imidazole rings is 1. The topological polar surface area (TPSA) is 55.6 Å². The lowest BCUT2D eigenvalue weighted by molar-refractivity contribution is 0.0944. The number of hydrogen-bond acceptors (Lipinski definition) is 3. The smallest absolute Gasteiger partial charge is 0.270 e. The molecule has 0 aliphatic rings. The number of methoxy groups -OCH3 is 1. The molecule has 0 unspecified atom stereocenters. The highest BCUT2D eigenvalue weighted by Gasteiger charge is 2.18. The summed E-state index contributed by atoms with van der Waals surface area (Å²) in [6.45, 7) is 2.42. The van der Waals surface area contributed by atoms with Crippen molar-refractivity contribution < 1.29 is 9.53 Å². The lowest BCUT2D eigenvalue weighted by Crippen LogP contribution is -2.25. The van der Waals surface area contributed by atoms with Gasteiger partial charge in [-0.2, -0.15) is 0 Å². The summed E-state index contributed by atoms with van der Waals surface area (Å²) in [5, 5.41) is 3.60. The normalized spacial score (nSPS) is 10.9. The van der Waals surface area contributed by atoms with Crippen LogP contribution in [0.5, 0.6) is 5.75 Å². The Balaban J connectivity index is 1.48. The van der Waals surface area contributed by atoms with Gasteiger partial charge >= 0.3 is 0 Å². The van der Waals surface area contributed by atoms with Gasteiger partial charge in [-0.1, -0.05) is 54.9 Å². The zero-order valence-corrected chi connectivity index (χ0v) is 17.6. The zero-order chi connectivity index (χ0) is 21.1. The molecule has 0 atom stereocenters. The van der Waals surface area contributed by atoms with Crippen LogP contribution in [0.15, 0.2) is 66.9 Å². The highest BCUT2D eigenvalue weighted by atomic mass is 35.5. The Hall–Kier alpha value is -3.31. The third-order valence-electron chi connectivity index (χ3n) is 5.04. The monoisotopic (exact) mass is 419 g/mol. The van der Waals surface area contributed by atoms with Gasteiger partial charge in [-0.25, -0.2) is 4.98 Å². The van der Waals surface area contributed by atoms with Gasteiger partial charge in [0.15, 0.2) is 0 Å². The molecular formula is C24H22ClN3O2. The molecule has 0 bridgehead atoms. The first-order valence-corrected chi connectivity index (χ1v) is 10.1. The predicted molar refractivity (Wildman–Crippen MR) is 119 cm³/mol. The molecule has 0 aliphatic heterocycles. The Morgan fingerprint density at radius 1 is 1.07 bits per heavy atom. The van der Waals surface area contributed by atoms with Crippen LogP contribution in [0, 0.1) is 0 Å². The Kier molecular flexibility index (Phi) is 5.72. The SMILES string of the molecule is CCc1nc2cc(Cl)ccn2c1C(=O)NCc1ccc(-c2ccc(OC)cc2)cc1. The van der Waals surface area contributed by atoms with E-state index >= 15 is 0 Å². The van der Waals surface area contributed by atoms with Crippen LogP contribution in [0.2, 0.25) is 5.02 Å². The zero-order valence-electron chi connectivity index (χ0n) is 16.9. The predicted octanol–water partition coefficient (Wildman–Crippen LogP) is 5.16. The molecule has 6 heteroatoms. The van der Waals surface area contributed by atoms with Crippen LogP contribution in [-0.4, -0.2) is 22.4 Å². The van der Waals surface area contributed by atoms with E-state index in [1.807, 2.05) is 43.3 Å². The Labute approximate surface area is 180 Å². The van der Waals surface area contributed by atoms with Crippen molar-refractivity contribution in [3.8, 4) is 16.9 Å². The van der Waals surface area contributed by atoms with Crippen molar-refractivity contribution >= 4 is 23.2 Å². The van der Waals surface area contributed by atoms with E-state index in [1.54, 1.807) is 29.8 Å². The lowest BCUT2D eigenvalue weighted by Gasteiger charge is -2.08. The van der Waals surface area contributed by atoms with Crippen LogP contribution in [-0.2, 0) is 13.0 Å². The molecule has 0 saturated carbocycles. The second-order valence-corrected chi connectivity index (χ2v) is 7.38. The number of hydrogen-bond donors (Lipinski definition) is 1. The summed E-state index contributed by atoms with van der Waals surface area (Å²) in [5.41, 5.74) is 5.23. The number of nitrogens with zero attached hydrogens (tertiary/aromatic N) is 2. The molecule has 30 heavy (non-hydrogen) atoms. The number of rotatable bonds is 6. The fourth-order valence-electron chi connectivity index (χ4n) is 3.42. The van der Waals surface area contributed by atoms with E-state index in [-0.39, 0.29) is 5.91 Å². The summed E-state index contributed by atoms with van der Waals surface area (Å²) in [7, 11) is 1.66. The standard InChI is InChI=1S/C24H22ClN3O2/c1-3-21-23(28-13-12-19(25)14-22(28)27-21)24(29)26-15-16-4-6-17(7-5-16)18-8-10-20(30-2)11-9-18/h4-14H,3,15H2,1-2H3,(H,26,29). The maximum absolute atomic E-state index is 12.9. The van der Waals surface area contributed by atoms with Gasteiger partial charge in [0, 0.05) is 23.8 Å². The molecule has 0 fully saturated rings. The number of aromatic nitrogens is 2. The molecule has 2 heterocycles. The van der Waals surface area contributed by atoms with E-state index in [4.69, 9.17) is 16.3 Å². The molecule has 4 rings (SSSR count). The summed E-state index contributed by atoms with van der Waals surface area (Å²) < 4.78 is 6.99. The number of pyridine rings is 1. The van der Waals surface area contributed by atoms with E-state index in [9.17, 15) is 4.79 Å². The number of carbonyl (C=O) groups excluding carboxylic acids is 1. The van der Waals surface area contributed by atoms with Gasteiger partial charge in [0.1, 0.15) is 17.1 Å². The van der Waals surface area contributed by atoms with Crippen molar-refractivity contribution in [1.29, 1.82) is 0 Å². The summed E-state index contributed by atoms with van der Waals surface area (Å²) >= 11 is 6.06. The van der Waals surface area contributed by atoms with Crippen molar-refractivity contribution in [2.24, 2.45) is 0 Å². The van der Waals surface area contributed by atoms with E-state index in [1.165, 1.54) is 0 Å². The number of fused-ring (bicyclic) bond motifs is 1. The molecule has 0 radical (unpaired) electrons. The molecule has 0 saturated heterocycles. The molecule has 152 valence electrons. The minimum atomic E-state index is -0.152. The van der Waals surface area contributed by atoms with Crippen molar-refractivity contribution in [3.05, 3.63) is 88.8 Å². The average Bonchev–Trinajstić information content (AvgIpc) is 3.15. The summed E-state index contributed by atoms with van der Waals surface area (Å²) in [5.74, 6) is 0.681. The van der Waals surface area contributed by atoms with Gasteiger partial charge in [0.05, 0.1) is 12.8 Å². The number of benzene rings is 2. The van der Waals surface area contributed by atoms with E-state index < -0.39 is 0 Å². The average molecular weight is 420 g/mol. The summed E-state index contributed by atoms with van der Waals surface area (Å²) in [4.78, 5) is 17.4. The van der Waals surface area contributed by atoms with Crippen LogP contribution in [0.4, 0.5) is 0 Å². The number of carbonyl (C=O) groups is 1. The maximum atomic E-state index is 12.9. The molecule has 1 amide bonds. The maximum Gasteiger partial charge on any atom is 0.270 e.